The van der Waals surface area contributed by atoms with E-state index in [1.54, 1.807) is 6.07 Å². The lowest BCUT2D eigenvalue weighted by molar-refractivity contribution is 0.622. The SMILES string of the molecule is CCNCc1cc(F)ccc1-c1cnc2ccccc2c1. The zero-order chi connectivity index (χ0) is 14.7. The number of rotatable bonds is 4. The molecular weight excluding hydrogens is 263 g/mol. The first-order valence-corrected chi connectivity index (χ1v) is 7.12. The number of fused-ring (bicyclic) bond motifs is 1. The van der Waals surface area contributed by atoms with E-state index in [9.17, 15) is 4.39 Å². The van der Waals surface area contributed by atoms with Crippen LogP contribution >= 0.6 is 0 Å². The number of hydrogen-bond acceptors (Lipinski definition) is 2. The van der Waals surface area contributed by atoms with Gasteiger partial charge in [-0.2, -0.15) is 0 Å². The van der Waals surface area contributed by atoms with Crippen LogP contribution in [0, 0.1) is 5.82 Å². The molecule has 0 bridgehead atoms. The quantitative estimate of drug-likeness (QED) is 0.776. The van der Waals surface area contributed by atoms with Gasteiger partial charge in [0.25, 0.3) is 0 Å². The zero-order valence-electron chi connectivity index (χ0n) is 11.9. The van der Waals surface area contributed by atoms with Crippen LogP contribution in [-0.4, -0.2) is 11.5 Å². The van der Waals surface area contributed by atoms with Crippen molar-refractivity contribution in [1.82, 2.24) is 10.3 Å². The summed E-state index contributed by atoms with van der Waals surface area (Å²) in [5.74, 6) is -0.208. The summed E-state index contributed by atoms with van der Waals surface area (Å²) in [6.45, 7) is 3.54. The molecule has 0 saturated carbocycles. The topological polar surface area (TPSA) is 24.9 Å². The van der Waals surface area contributed by atoms with Crippen LogP contribution in [0.5, 0.6) is 0 Å². The largest absolute Gasteiger partial charge is 0.313 e. The van der Waals surface area contributed by atoms with E-state index < -0.39 is 0 Å². The highest BCUT2D eigenvalue weighted by Crippen LogP contribution is 2.26. The number of halogens is 1. The summed E-state index contributed by atoms with van der Waals surface area (Å²) >= 11 is 0. The van der Waals surface area contributed by atoms with Crippen molar-refractivity contribution in [1.29, 1.82) is 0 Å². The van der Waals surface area contributed by atoms with E-state index >= 15 is 0 Å². The smallest absolute Gasteiger partial charge is 0.123 e. The molecule has 106 valence electrons. The molecule has 0 aliphatic carbocycles. The van der Waals surface area contributed by atoms with Crippen LogP contribution in [0.2, 0.25) is 0 Å². The third-order valence-electron chi connectivity index (χ3n) is 3.53. The first-order chi connectivity index (χ1) is 10.3. The minimum absolute atomic E-state index is 0.208. The fourth-order valence-electron chi connectivity index (χ4n) is 2.47. The van der Waals surface area contributed by atoms with Crippen LogP contribution < -0.4 is 5.32 Å². The van der Waals surface area contributed by atoms with Crippen molar-refractivity contribution in [2.75, 3.05) is 6.54 Å². The molecule has 0 radical (unpaired) electrons. The van der Waals surface area contributed by atoms with Gasteiger partial charge in [0.15, 0.2) is 0 Å². The molecule has 1 heterocycles. The molecule has 0 amide bonds. The number of aromatic nitrogens is 1. The van der Waals surface area contributed by atoms with Crippen LogP contribution in [0.1, 0.15) is 12.5 Å². The molecule has 1 aromatic heterocycles. The second-order valence-electron chi connectivity index (χ2n) is 5.00. The molecule has 3 aromatic rings. The van der Waals surface area contributed by atoms with E-state index in [2.05, 4.69) is 16.4 Å². The van der Waals surface area contributed by atoms with Gasteiger partial charge in [-0.1, -0.05) is 31.2 Å². The molecule has 0 fully saturated rings. The van der Waals surface area contributed by atoms with Crippen LogP contribution in [0.25, 0.3) is 22.0 Å². The summed E-state index contributed by atoms with van der Waals surface area (Å²) in [4.78, 5) is 4.49. The van der Waals surface area contributed by atoms with Gasteiger partial charge in [0.2, 0.25) is 0 Å². The summed E-state index contributed by atoms with van der Waals surface area (Å²) in [5.41, 5.74) is 3.96. The van der Waals surface area contributed by atoms with E-state index in [0.29, 0.717) is 6.54 Å². The Labute approximate surface area is 123 Å². The Morgan fingerprint density at radius 2 is 1.95 bits per heavy atom. The summed E-state index contributed by atoms with van der Waals surface area (Å²) in [7, 11) is 0. The molecule has 2 nitrogen and oxygen atoms in total. The van der Waals surface area contributed by atoms with Crippen molar-refractivity contribution in [3.63, 3.8) is 0 Å². The molecule has 1 N–H and O–H groups in total. The van der Waals surface area contributed by atoms with E-state index in [1.165, 1.54) is 6.07 Å². The average Bonchev–Trinajstić information content (AvgIpc) is 2.52. The maximum atomic E-state index is 13.5. The summed E-state index contributed by atoms with van der Waals surface area (Å²) in [5, 5.41) is 4.34. The lowest BCUT2D eigenvalue weighted by atomic mass is 9.99. The highest BCUT2D eigenvalue weighted by Gasteiger charge is 2.07. The van der Waals surface area contributed by atoms with Gasteiger partial charge < -0.3 is 5.32 Å². The van der Waals surface area contributed by atoms with E-state index in [0.717, 1.165) is 34.1 Å². The Hall–Kier alpha value is -2.26. The number of hydrogen-bond donors (Lipinski definition) is 1. The van der Waals surface area contributed by atoms with Gasteiger partial charge in [-0.25, -0.2) is 4.39 Å². The number of nitrogens with one attached hydrogen (secondary N) is 1. The molecule has 3 heteroatoms. The molecule has 0 atom stereocenters. The Bertz CT molecular complexity index is 768. The second-order valence-corrected chi connectivity index (χ2v) is 5.00. The molecule has 0 unspecified atom stereocenters. The van der Waals surface area contributed by atoms with Gasteiger partial charge in [-0.15, -0.1) is 0 Å². The van der Waals surface area contributed by atoms with Gasteiger partial charge >= 0.3 is 0 Å². The van der Waals surface area contributed by atoms with E-state index in [-0.39, 0.29) is 5.82 Å². The maximum Gasteiger partial charge on any atom is 0.123 e. The summed E-state index contributed by atoms with van der Waals surface area (Å²) < 4.78 is 13.5. The van der Waals surface area contributed by atoms with Gasteiger partial charge in [-0.3, -0.25) is 4.98 Å². The molecular formula is C18H17FN2. The fraction of sp³-hybridized carbons (Fsp3) is 0.167. The summed E-state index contributed by atoms with van der Waals surface area (Å²) in [6.07, 6.45) is 1.85. The maximum absolute atomic E-state index is 13.5. The van der Waals surface area contributed by atoms with Gasteiger partial charge in [0.05, 0.1) is 5.52 Å². The van der Waals surface area contributed by atoms with Crippen LogP contribution in [-0.2, 0) is 6.54 Å². The minimum Gasteiger partial charge on any atom is -0.313 e. The second kappa shape index (κ2) is 6.02. The van der Waals surface area contributed by atoms with Crippen molar-refractivity contribution < 1.29 is 4.39 Å². The van der Waals surface area contributed by atoms with Gasteiger partial charge in [-0.05, 0) is 41.9 Å². The van der Waals surface area contributed by atoms with Crippen molar-refractivity contribution in [2.24, 2.45) is 0 Å². The monoisotopic (exact) mass is 280 g/mol. The number of para-hydroxylation sites is 1. The predicted molar refractivity (Wildman–Crippen MR) is 84.5 cm³/mol. The van der Waals surface area contributed by atoms with Crippen molar-refractivity contribution in [3.8, 4) is 11.1 Å². The fourth-order valence-corrected chi connectivity index (χ4v) is 2.47. The molecule has 0 aliphatic heterocycles. The van der Waals surface area contributed by atoms with Gasteiger partial charge in [0, 0.05) is 23.7 Å². The molecule has 2 aromatic carbocycles. The van der Waals surface area contributed by atoms with E-state index in [1.807, 2.05) is 43.5 Å². The van der Waals surface area contributed by atoms with Crippen molar-refractivity contribution in [2.45, 2.75) is 13.5 Å². The standard InChI is InChI=1S/C18H17FN2/c1-2-20-11-15-10-16(19)7-8-17(15)14-9-13-5-3-4-6-18(13)21-12-14/h3-10,12,20H,2,11H2,1H3. The lowest BCUT2D eigenvalue weighted by Crippen LogP contribution is -2.12. The van der Waals surface area contributed by atoms with Crippen molar-refractivity contribution >= 4 is 10.9 Å². The average molecular weight is 280 g/mol. The molecule has 0 spiro atoms. The number of pyridine rings is 1. The molecule has 21 heavy (non-hydrogen) atoms. The van der Waals surface area contributed by atoms with Crippen molar-refractivity contribution in [3.05, 3.63) is 66.1 Å². The zero-order valence-corrected chi connectivity index (χ0v) is 11.9. The van der Waals surface area contributed by atoms with Gasteiger partial charge in [0.1, 0.15) is 5.82 Å². The predicted octanol–water partition coefficient (Wildman–Crippen LogP) is 4.15. The Morgan fingerprint density at radius 1 is 1.10 bits per heavy atom. The summed E-state index contributed by atoms with van der Waals surface area (Å²) in [6, 6.07) is 15.0. The Balaban J connectivity index is 2.08. The number of benzene rings is 2. The van der Waals surface area contributed by atoms with Crippen LogP contribution in [0.4, 0.5) is 4.39 Å². The van der Waals surface area contributed by atoms with Crippen LogP contribution in [0.3, 0.4) is 0 Å². The normalized spacial score (nSPS) is 11.0. The Kier molecular flexibility index (Phi) is 3.93. The third kappa shape index (κ3) is 2.93. The third-order valence-corrected chi connectivity index (χ3v) is 3.53. The minimum atomic E-state index is -0.208. The Morgan fingerprint density at radius 3 is 2.81 bits per heavy atom. The lowest BCUT2D eigenvalue weighted by Gasteiger charge is -2.11. The van der Waals surface area contributed by atoms with Crippen LogP contribution in [0.15, 0.2) is 54.7 Å². The molecule has 0 aliphatic rings. The molecule has 3 rings (SSSR count). The first kappa shape index (κ1) is 13.7. The van der Waals surface area contributed by atoms with E-state index in [4.69, 9.17) is 0 Å². The highest BCUT2D eigenvalue weighted by molar-refractivity contribution is 5.84. The number of nitrogens with zero attached hydrogens (tertiary/aromatic N) is 1. The first-order valence-electron chi connectivity index (χ1n) is 7.12. The molecule has 0 saturated heterocycles. The highest BCUT2D eigenvalue weighted by atomic mass is 19.1.